The Balaban J connectivity index is 2.36. The number of hydrogen-bond acceptors (Lipinski definition) is 3. The standard InChI is InChI=1S/C12H13BrN2O3/c13-8-2-3-10(9(6-8)12(17)18)15-5-1-4-14-11(16)7-15/h2-3,6H,1,4-5,7H2,(H,14,16)(H,17,18). The van der Waals surface area contributed by atoms with E-state index in [9.17, 15) is 14.7 Å². The fourth-order valence-corrected chi connectivity index (χ4v) is 2.33. The molecule has 0 aliphatic carbocycles. The molecule has 0 bridgehead atoms. The van der Waals surface area contributed by atoms with Gasteiger partial charge in [-0.15, -0.1) is 0 Å². The maximum atomic E-state index is 11.5. The van der Waals surface area contributed by atoms with Crippen LogP contribution in [0.15, 0.2) is 22.7 Å². The van der Waals surface area contributed by atoms with E-state index < -0.39 is 5.97 Å². The van der Waals surface area contributed by atoms with Crippen LogP contribution in [0.2, 0.25) is 0 Å². The molecule has 1 aromatic rings. The van der Waals surface area contributed by atoms with E-state index in [1.807, 2.05) is 0 Å². The van der Waals surface area contributed by atoms with Crippen LogP contribution < -0.4 is 10.2 Å². The molecule has 0 spiro atoms. The summed E-state index contributed by atoms with van der Waals surface area (Å²) in [5.41, 5.74) is 0.793. The lowest BCUT2D eigenvalue weighted by atomic mass is 10.1. The number of carbonyl (C=O) groups excluding carboxylic acids is 1. The number of nitrogens with zero attached hydrogens (tertiary/aromatic N) is 1. The lowest BCUT2D eigenvalue weighted by molar-refractivity contribution is -0.119. The van der Waals surface area contributed by atoms with Gasteiger partial charge in [0.1, 0.15) is 0 Å². The monoisotopic (exact) mass is 312 g/mol. The van der Waals surface area contributed by atoms with Crippen molar-refractivity contribution in [2.24, 2.45) is 0 Å². The first-order chi connectivity index (χ1) is 8.58. The molecule has 1 aliphatic heterocycles. The summed E-state index contributed by atoms with van der Waals surface area (Å²) in [5.74, 6) is -1.07. The molecule has 0 unspecified atom stereocenters. The predicted octanol–water partition coefficient (Wildman–Crippen LogP) is 1.47. The first-order valence-corrected chi connectivity index (χ1v) is 6.42. The number of benzene rings is 1. The molecule has 0 saturated carbocycles. The molecule has 0 atom stereocenters. The van der Waals surface area contributed by atoms with Gasteiger partial charge in [0.25, 0.3) is 0 Å². The molecule has 5 nitrogen and oxygen atoms in total. The largest absolute Gasteiger partial charge is 0.478 e. The number of nitrogens with one attached hydrogen (secondary N) is 1. The van der Waals surface area contributed by atoms with Crippen molar-refractivity contribution in [1.82, 2.24) is 5.32 Å². The van der Waals surface area contributed by atoms with Crippen LogP contribution in [-0.4, -0.2) is 36.6 Å². The average molecular weight is 313 g/mol. The highest BCUT2D eigenvalue weighted by molar-refractivity contribution is 9.10. The first kappa shape index (κ1) is 12.9. The van der Waals surface area contributed by atoms with Gasteiger partial charge < -0.3 is 15.3 Å². The Hall–Kier alpha value is -1.56. The Morgan fingerprint density at radius 2 is 2.22 bits per heavy atom. The van der Waals surface area contributed by atoms with Gasteiger partial charge in [-0.3, -0.25) is 4.79 Å². The van der Waals surface area contributed by atoms with Crippen molar-refractivity contribution in [3.63, 3.8) is 0 Å². The Labute approximate surface area is 113 Å². The zero-order valence-corrected chi connectivity index (χ0v) is 11.2. The maximum absolute atomic E-state index is 11.5. The third kappa shape index (κ3) is 2.81. The SMILES string of the molecule is O=C1CN(c2ccc(Br)cc2C(=O)O)CCCN1. The van der Waals surface area contributed by atoms with Crippen molar-refractivity contribution in [3.8, 4) is 0 Å². The minimum Gasteiger partial charge on any atom is -0.478 e. The van der Waals surface area contributed by atoms with Gasteiger partial charge in [-0.25, -0.2) is 4.79 Å². The predicted molar refractivity (Wildman–Crippen MR) is 70.9 cm³/mol. The Kier molecular flexibility index (Phi) is 3.86. The lowest BCUT2D eigenvalue weighted by Crippen LogP contribution is -2.33. The number of hydrogen-bond donors (Lipinski definition) is 2. The van der Waals surface area contributed by atoms with Crippen LogP contribution in [0.25, 0.3) is 0 Å². The van der Waals surface area contributed by atoms with Crippen LogP contribution in [0.5, 0.6) is 0 Å². The number of anilines is 1. The molecule has 1 aromatic carbocycles. The molecule has 0 radical (unpaired) electrons. The number of rotatable bonds is 2. The molecule has 1 saturated heterocycles. The summed E-state index contributed by atoms with van der Waals surface area (Å²) in [4.78, 5) is 24.5. The van der Waals surface area contributed by atoms with Crippen LogP contribution >= 0.6 is 15.9 Å². The normalized spacial score (nSPS) is 16.1. The van der Waals surface area contributed by atoms with Crippen LogP contribution in [0.4, 0.5) is 5.69 Å². The van der Waals surface area contributed by atoms with Crippen LogP contribution in [-0.2, 0) is 4.79 Å². The van der Waals surface area contributed by atoms with Gasteiger partial charge in [0.2, 0.25) is 5.91 Å². The van der Waals surface area contributed by atoms with E-state index in [1.165, 1.54) is 0 Å². The van der Waals surface area contributed by atoms with E-state index in [0.29, 0.717) is 23.2 Å². The summed E-state index contributed by atoms with van der Waals surface area (Å²) in [6.45, 7) is 1.50. The summed E-state index contributed by atoms with van der Waals surface area (Å²) >= 11 is 3.25. The van der Waals surface area contributed by atoms with Gasteiger partial charge in [0.05, 0.1) is 17.8 Å². The van der Waals surface area contributed by atoms with Crippen molar-refractivity contribution in [2.75, 3.05) is 24.5 Å². The number of carboxylic acid groups (broad SMARTS) is 1. The molecular weight excluding hydrogens is 300 g/mol. The zero-order valence-electron chi connectivity index (χ0n) is 9.65. The van der Waals surface area contributed by atoms with E-state index in [-0.39, 0.29) is 18.0 Å². The van der Waals surface area contributed by atoms with Gasteiger partial charge in [-0.05, 0) is 24.6 Å². The fourth-order valence-electron chi connectivity index (χ4n) is 1.97. The molecule has 1 aliphatic rings. The van der Waals surface area contributed by atoms with Gasteiger partial charge >= 0.3 is 5.97 Å². The van der Waals surface area contributed by atoms with Gasteiger partial charge in [0, 0.05) is 17.6 Å². The fraction of sp³-hybridized carbons (Fsp3) is 0.333. The van der Waals surface area contributed by atoms with E-state index in [1.54, 1.807) is 23.1 Å². The lowest BCUT2D eigenvalue weighted by Gasteiger charge is -2.23. The molecule has 6 heteroatoms. The zero-order chi connectivity index (χ0) is 13.1. The Morgan fingerprint density at radius 1 is 1.44 bits per heavy atom. The van der Waals surface area contributed by atoms with E-state index in [0.717, 1.165) is 6.42 Å². The average Bonchev–Trinajstić information content (AvgIpc) is 2.53. The number of carboxylic acids is 1. The van der Waals surface area contributed by atoms with Crippen molar-refractivity contribution in [1.29, 1.82) is 0 Å². The first-order valence-electron chi connectivity index (χ1n) is 5.62. The summed E-state index contributed by atoms with van der Waals surface area (Å²) in [7, 11) is 0. The molecule has 1 amide bonds. The van der Waals surface area contributed by atoms with E-state index >= 15 is 0 Å². The highest BCUT2D eigenvalue weighted by Gasteiger charge is 2.20. The van der Waals surface area contributed by atoms with Crippen LogP contribution in [0.3, 0.4) is 0 Å². The van der Waals surface area contributed by atoms with Crippen LogP contribution in [0.1, 0.15) is 16.8 Å². The van der Waals surface area contributed by atoms with Gasteiger partial charge in [0.15, 0.2) is 0 Å². The second-order valence-corrected chi connectivity index (χ2v) is 5.01. The third-order valence-corrected chi connectivity index (χ3v) is 3.28. The maximum Gasteiger partial charge on any atom is 0.337 e. The molecule has 1 heterocycles. The summed E-state index contributed by atoms with van der Waals surface area (Å²) in [5, 5.41) is 12.0. The molecule has 2 N–H and O–H groups in total. The van der Waals surface area contributed by atoms with Crippen molar-refractivity contribution in [2.45, 2.75) is 6.42 Å². The Bertz CT molecular complexity index is 490. The van der Waals surface area contributed by atoms with E-state index in [4.69, 9.17) is 0 Å². The number of aromatic carboxylic acids is 1. The van der Waals surface area contributed by atoms with Crippen LogP contribution in [0, 0.1) is 0 Å². The third-order valence-electron chi connectivity index (χ3n) is 2.79. The molecule has 96 valence electrons. The van der Waals surface area contributed by atoms with Crippen molar-refractivity contribution < 1.29 is 14.7 Å². The molecule has 0 aromatic heterocycles. The minimum absolute atomic E-state index is 0.0771. The highest BCUT2D eigenvalue weighted by atomic mass is 79.9. The smallest absolute Gasteiger partial charge is 0.337 e. The molecule has 18 heavy (non-hydrogen) atoms. The van der Waals surface area contributed by atoms with Gasteiger partial charge in [-0.1, -0.05) is 15.9 Å². The topological polar surface area (TPSA) is 69.6 Å². The number of carbonyl (C=O) groups is 2. The minimum atomic E-state index is -0.990. The van der Waals surface area contributed by atoms with E-state index in [2.05, 4.69) is 21.2 Å². The highest BCUT2D eigenvalue weighted by Crippen LogP contribution is 2.25. The molecule has 1 fully saturated rings. The summed E-state index contributed by atoms with van der Waals surface area (Å²) in [6, 6.07) is 5.07. The summed E-state index contributed by atoms with van der Waals surface area (Å²) in [6.07, 6.45) is 0.806. The second kappa shape index (κ2) is 5.39. The van der Waals surface area contributed by atoms with Crippen molar-refractivity contribution in [3.05, 3.63) is 28.2 Å². The molecule has 2 rings (SSSR count). The second-order valence-electron chi connectivity index (χ2n) is 4.09. The quantitative estimate of drug-likeness (QED) is 0.867. The number of halogens is 1. The number of amides is 1. The Morgan fingerprint density at radius 3 is 2.94 bits per heavy atom. The van der Waals surface area contributed by atoms with Gasteiger partial charge in [-0.2, -0.15) is 0 Å². The van der Waals surface area contributed by atoms with Crippen molar-refractivity contribution >= 4 is 33.5 Å². The molecular formula is C12H13BrN2O3. The summed E-state index contributed by atoms with van der Waals surface area (Å²) < 4.78 is 0.711.